The van der Waals surface area contributed by atoms with E-state index in [1.165, 1.54) is 4.31 Å². The molecule has 0 spiro atoms. The lowest BCUT2D eigenvalue weighted by Crippen LogP contribution is -2.56. The van der Waals surface area contributed by atoms with Crippen LogP contribution >= 0.6 is 23.2 Å². The fourth-order valence-electron chi connectivity index (χ4n) is 4.67. The number of nitrogens with one attached hydrogen (secondary N) is 2. The summed E-state index contributed by atoms with van der Waals surface area (Å²) in [7, 11) is -2.36. The highest BCUT2D eigenvalue weighted by Gasteiger charge is 2.41. The predicted molar refractivity (Wildman–Crippen MR) is 148 cm³/mol. The molecule has 12 heteroatoms. The third-order valence-electron chi connectivity index (χ3n) is 6.55. The van der Waals surface area contributed by atoms with E-state index < -0.39 is 27.4 Å². The lowest BCUT2D eigenvalue weighted by atomic mass is 9.81. The van der Waals surface area contributed by atoms with Gasteiger partial charge >= 0.3 is 16.3 Å². The van der Waals surface area contributed by atoms with Crippen LogP contribution < -0.4 is 10.0 Å². The number of hydrogen-bond acceptors (Lipinski definition) is 5. The van der Waals surface area contributed by atoms with Crippen LogP contribution in [0.1, 0.15) is 49.7 Å². The Hall–Kier alpha value is -2.79. The van der Waals surface area contributed by atoms with Crippen LogP contribution in [-0.4, -0.2) is 48.0 Å². The fourth-order valence-corrected chi connectivity index (χ4v) is 6.09. The summed E-state index contributed by atoms with van der Waals surface area (Å²) in [6, 6.07) is 14.6. The molecule has 1 fully saturated rings. The van der Waals surface area contributed by atoms with Gasteiger partial charge < -0.3 is 14.6 Å². The summed E-state index contributed by atoms with van der Waals surface area (Å²) in [6.07, 6.45) is -0.469. The van der Waals surface area contributed by atoms with E-state index in [-0.39, 0.29) is 31.8 Å². The van der Waals surface area contributed by atoms with Crippen molar-refractivity contribution >= 4 is 56.3 Å². The number of fused-ring (bicyclic) bond motifs is 1. The quantitative estimate of drug-likeness (QED) is 0.442. The van der Waals surface area contributed by atoms with E-state index in [2.05, 4.69) is 5.32 Å². The molecule has 0 bridgehead atoms. The van der Waals surface area contributed by atoms with Gasteiger partial charge in [-0.25, -0.2) is 9.52 Å². The van der Waals surface area contributed by atoms with Gasteiger partial charge in [-0.15, -0.1) is 0 Å². The van der Waals surface area contributed by atoms with Gasteiger partial charge in [0.25, 0.3) is 5.91 Å². The van der Waals surface area contributed by atoms with Crippen LogP contribution in [0, 0.1) is 0 Å². The normalized spacial score (nSPS) is 16.3. The van der Waals surface area contributed by atoms with Gasteiger partial charge in [-0.3, -0.25) is 4.79 Å². The van der Waals surface area contributed by atoms with E-state index in [0.717, 1.165) is 11.1 Å². The number of nitrogens with zero attached hydrogens (tertiary/aromatic N) is 2. The number of aromatic nitrogens is 1. The topological polar surface area (TPSA) is 110 Å². The lowest BCUT2D eigenvalue weighted by Gasteiger charge is -2.42. The van der Waals surface area contributed by atoms with Crippen molar-refractivity contribution in [1.82, 2.24) is 18.9 Å². The summed E-state index contributed by atoms with van der Waals surface area (Å²) in [6.45, 7) is 5.09. The Labute approximate surface area is 232 Å². The predicted octanol–water partition coefficient (Wildman–Crippen LogP) is 4.98. The minimum Gasteiger partial charge on any atom is -0.443 e. The number of rotatable bonds is 5. The molecule has 0 saturated carbocycles. The molecule has 0 radical (unpaired) electrons. The highest BCUT2D eigenvalue weighted by Crippen LogP contribution is 2.36. The lowest BCUT2D eigenvalue weighted by molar-refractivity contribution is 0.0566. The smallest absolute Gasteiger partial charge is 0.422 e. The van der Waals surface area contributed by atoms with Crippen molar-refractivity contribution in [2.75, 3.05) is 13.1 Å². The SMILES string of the molecule is Cn1c(C(=O)NC2(c3ccccc3)CCN(S(=O)(=O)NC(=O)OC(C)(C)C)CC2)cc2c(Cl)c(Cl)ccc21. The molecular weight excluding hydrogens is 551 g/mol. The maximum Gasteiger partial charge on any atom is 0.422 e. The summed E-state index contributed by atoms with van der Waals surface area (Å²) < 4.78 is 35.7. The van der Waals surface area contributed by atoms with Crippen molar-refractivity contribution in [2.24, 2.45) is 7.05 Å². The van der Waals surface area contributed by atoms with Crippen LogP contribution in [0.3, 0.4) is 0 Å². The fraction of sp³-hybridized carbons (Fsp3) is 0.385. The van der Waals surface area contributed by atoms with Crippen molar-refractivity contribution in [2.45, 2.75) is 44.8 Å². The third-order valence-corrected chi connectivity index (χ3v) is 8.84. The molecule has 1 saturated heterocycles. The number of aryl methyl sites for hydroxylation is 1. The highest BCUT2D eigenvalue weighted by atomic mass is 35.5. The van der Waals surface area contributed by atoms with Gasteiger partial charge in [-0.05, 0) is 57.4 Å². The molecule has 2 N–H and O–H groups in total. The van der Waals surface area contributed by atoms with Gasteiger partial charge in [0.15, 0.2) is 0 Å². The molecule has 204 valence electrons. The van der Waals surface area contributed by atoms with Crippen LogP contribution in [0.15, 0.2) is 48.5 Å². The monoisotopic (exact) mass is 580 g/mol. The number of hydrogen-bond donors (Lipinski definition) is 2. The first-order valence-corrected chi connectivity index (χ1v) is 14.2. The molecule has 0 atom stereocenters. The first kappa shape index (κ1) is 28.2. The summed E-state index contributed by atoms with van der Waals surface area (Å²) in [5.41, 5.74) is 0.318. The van der Waals surface area contributed by atoms with Crippen LogP contribution in [-0.2, 0) is 27.5 Å². The molecule has 2 heterocycles. The van der Waals surface area contributed by atoms with E-state index in [9.17, 15) is 18.0 Å². The maximum absolute atomic E-state index is 13.6. The average Bonchev–Trinajstić information content (AvgIpc) is 3.18. The molecule has 0 unspecified atom stereocenters. The minimum atomic E-state index is -4.14. The second-order valence-electron chi connectivity index (χ2n) is 10.3. The number of piperidine rings is 1. The molecule has 1 aliphatic rings. The number of carbonyl (C=O) groups is 2. The Balaban J connectivity index is 1.59. The zero-order valence-corrected chi connectivity index (χ0v) is 23.9. The van der Waals surface area contributed by atoms with Crippen LogP contribution in [0.4, 0.5) is 4.79 Å². The third kappa shape index (κ3) is 5.78. The van der Waals surface area contributed by atoms with Crippen LogP contribution in [0.25, 0.3) is 10.9 Å². The van der Waals surface area contributed by atoms with Crippen molar-refractivity contribution in [3.8, 4) is 0 Å². The molecular formula is C26H30Cl2N4O5S. The molecule has 2 aromatic carbocycles. The first-order valence-electron chi connectivity index (χ1n) is 12.0. The average molecular weight is 582 g/mol. The largest absolute Gasteiger partial charge is 0.443 e. The number of amides is 2. The van der Waals surface area contributed by atoms with E-state index in [0.29, 0.717) is 21.1 Å². The Kier molecular flexibility index (Phi) is 7.73. The second-order valence-corrected chi connectivity index (χ2v) is 12.7. The maximum atomic E-state index is 13.6. The van der Waals surface area contributed by atoms with Gasteiger partial charge in [0, 0.05) is 31.0 Å². The molecule has 1 aromatic heterocycles. The second kappa shape index (κ2) is 10.4. The van der Waals surface area contributed by atoms with Gasteiger partial charge in [0.05, 0.1) is 15.6 Å². The van der Waals surface area contributed by atoms with Crippen LogP contribution in [0.5, 0.6) is 0 Å². The Bertz CT molecular complexity index is 1470. The van der Waals surface area contributed by atoms with E-state index in [4.69, 9.17) is 27.9 Å². The first-order chi connectivity index (χ1) is 17.7. The van der Waals surface area contributed by atoms with Gasteiger partial charge in [0.2, 0.25) is 0 Å². The Morgan fingerprint density at radius 2 is 1.66 bits per heavy atom. The zero-order chi connectivity index (χ0) is 27.9. The van der Waals surface area contributed by atoms with E-state index in [1.807, 2.05) is 35.1 Å². The Morgan fingerprint density at radius 1 is 1.03 bits per heavy atom. The van der Waals surface area contributed by atoms with Crippen molar-refractivity contribution in [3.05, 3.63) is 69.8 Å². The standard InChI is InChI=1S/C26H30Cl2N4O5S/c1-25(2,3)37-24(34)30-38(35,36)32-14-12-26(13-15-32,17-8-6-5-7-9-17)29-23(33)21-16-18-20(31(21)4)11-10-19(27)22(18)28/h5-11,16H,12-15H2,1-4H3,(H,29,33)(H,30,34). The van der Waals surface area contributed by atoms with Crippen molar-refractivity contribution in [3.63, 3.8) is 0 Å². The summed E-state index contributed by atoms with van der Waals surface area (Å²) in [4.78, 5) is 25.7. The minimum absolute atomic E-state index is 0.0733. The molecule has 38 heavy (non-hydrogen) atoms. The molecule has 4 rings (SSSR count). The van der Waals surface area contributed by atoms with E-state index in [1.54, 1.807) is 50.6 Å². The van der Waals surface area contributed by atoms with Crippen molar-refractivity contribution < 1.29 is 22.7 Å². The van der Waals surface area contributed by atoms with Crippen LogP contribution in [0.2, 0.25) is 10.0 Å². The summed E-state index contributed by atoms with van der Waals surface area (Å²) in [5, 5.41) is 4.60. The number of benzene rings is 2. The molecule has 1 aliphatic heterocycles. The molecule has 0 aliphatic carbocycles. The summed E-state index contributed by atoms with van der Waals surface area (Å²) >= 11 is 12.6. The molecule has 3 aromatic rings. The number of carbonyl (C=O) groups excluding carboxylic acids is 2. The molecule has 9 nitrogen and oxygen atoms in total. The summed E-state index contributed by atoms with van der Waals surface area (Å²) in [5.74, 6) is -0.331. The zero-order valence-electron chi connectivity index (χ0n) is 21.5. The van der Waals surface area contributed by atoms with E-state index >= 15 is 0 Å². The van der Waals surface area contributed by atoms with Gasteiger partial charge in [0.1, 0.15) is 11.3 Å². The number of halogens is 2. The highest BCUT2D eigenvalue weighted by molar-refractivity contribution is 7.87. The number of ether oxygens (including phenoxy) is 1. The van der Waals surface area contributed by atoms with Gasteiger partial charge in [-0.2, -0.15) is 12.7 Å². The molecule has 2 amide bonds. The van der Waals surface area contributed by atoms with Gasteiger partial charge in [-0.1, -0.05) is 53.5 Å². The Morgan fingerprint density at radius 3 is 2.26 bits per heavy atom. The van der Waals surface area contributed by atoms with Crippen molar-refractivity contribution in [1.29, 1.82) is 0 Å².